The van der Waals surface area contributed by atoms with E-state index in [1.165, 1.54) is 0 Å². The van der Waals surface area contributed by atoms with E-state index in [2.05, 4.69) is 23.4 Å². The quantitative estimate of drug-likeness (QED) is 0.394. The van der Waals surface area contributed by atoms with E-state index < -0.39 is 7.55 Å². The third-order valence-corrected chi connectivity index (χ3v) is 2.72. The summed E-state index contributed by atoms with van der Waals surface area (Å²) in [5, 5.41) is 0. The van der Waals surface area contributed by atoms with Gasteiger partial charge in [0.1, 0.15) is 7.55 Å². The predicted molar refractivity (Wildman–Crippen MR) is 36.8 cm³/mol. The van der Waals surface area contributed by atoms with Crippen molar-refractivity contribution in [3.8, 4) is 0 Å². The summed E-state index contributed by atoms with van der Waals surface area (Å²) in [5.74, 6) is 0. The van der Waals surface area contributed by atoms with Crippen LogP contribution in [0.15, 0.2) is 29.6 Å². The number of hydrogen-bond acceptors (Lipinski definition) is 1. The molecular weight excluding hydrogens is 120 g/mol. The molecule has 0 N–H and O–H groups in total. The lowest BCUT2D eigenvalue weighted by Crippen LogP contribution is -1.76. The van der Waals surface area contributed by atoms with Crippen LogP contribution in [0.4, 0.5) is 0 Å². The van der Waals surface area contributed by atoms with Crippen LogP contribution in [0.3, 0.4) is 0 Å². The molecule has 0 fully saturated rings. The SMILES string of the molecule is S[si]1ccccc1. The topological polar surface area (TPSA) is 0 Å². The maximum absolute atomic E-state index is 4.27. The Hall–Kier alpha value is -0.0831. The number of hydrogen-bond donors (Lipinski definition) is 1. The van der Waals surface area contributed by atoms with Gasteiger partial charge in [-0.05, 0) is 0 Å². The van der Waals surface area contributed by atoms with Crippen LogP contribution in [-0.4, -0.2) is 7.55 Å². The molecule has 0 atom stereocenters. The summed E-state index contributed by atoms with van der Waals surface area (Å²) in [6, 6.07) is 6.10. The first-order chi connectivity index (χ1) is 3.39. The van der Waals surface area contributed by atoms with E-state index in [-0.39, 0.29) is 0 Å². The number of thiol groups is 1. The van der Waals surface area contributed by atoms with Gasteiger partial charge in [-0.3, -0.25) is 0 Å². The zero-order valence-electron chi connectivity index (χ0n) is 3.83. The molecule has 0 radical (unpaired) electrons. The third-order valence-electron chi connectivity index (χ3n) is 0.756. The summed E-state index contributed by atoms with van der Waals surface area (Å²) in [6.45, 7) is 0. The highest BCUT2D eigenvalue weighted by Crippen LogP contribution is 1.85. The zero-order chi connectivity index (χ0) is 5.11. The fraction of sp³-hybridized carbons (Fsp3) is 0. The highest BCUT2D eigenvalue weighted by molar-refractivity contribution is 8.08. The van der Waals surface area contributed by atoms with Crippen LogP contribution in [0, 0.1) is 0 Å². The number of rotatable bonds is 0. The van der Waals surface area contributed by atoms with Crippen molar-refractivity contribution in [1.82, 2.24) is 0 Å². The van der Waals surface area contributed by atoms with E-state index in [4.69, 9.17) is 0 Å². The third kappa shape index (κ3) is 1.45. The zero-order valence-corrected chi connectivity index (χ0v) is 5.73. The minimum atomic E-state index is -0.491. The molecule has 1 aromatic rings. The van der Waals surface area contributed by atoms with Gasteiger partial charge in [0.2, 0.25) is 0 Å². The first-order valence-electron chi connectivity index (χ1n) is 2.13. The average molecular weight is 126 g/mol. The predicted octanol–water partition coefficient (Wildman–Crippen LogP) is 1.41. The Morgan fingerprint density at radius 3 is 1.86 bits per heavy atom. The van der Waals surface area contributed by atoms with Gasteiger partial charge in [-0.2, -0.15) is 12.1 Å². The van der Waals surface area contributed by atoms with E-state index in [1.54, 1.807) is 0 Å². The Balaban J connectivity index is 3.02. The van der Waals surface area contributed by atoms with E-state index in [0.717, 1.165) is 0 Å². The Morgan fingerprint density at radius 2 is 1.57 bits per heavy atom. The van der Waals surface area contributed by atoms with Crippen molar-refractivity contribution < 1.29 is 0 Å². The first-order valence-corrected chi connectivity index (χ1v) is 5.08. The fourth-order valence-electron chi connectivity index (χ4n) is 0.428. The van der Waals surface area contributed by atoms with Crippen LogP contribution in [0.2, 0.25) is 0 Å². The molecule has 0 saturated heterocycles. The lowest BCUT2D eigenvalue weighted by Gasteiger charge is -1.80. The van der Waals surface area contributed by atoms with Crippen molar-refractivity contribution in [3.05, 3.63) is 29.6 Å². The molecule has 0 aliphatic heterocycles. The normalized spacial score (nSPS) is 8.71. The van der Waals surface area contributed by atoms with Gasteiger partial charge < -0.3 is 0 Å². The Kier molecular flexibility index (Phi) is 1.65. The molecule has 0 spiro atoms. The van der Waals surface area contributed by atoms with Crippen molar-refractivity contribution in [3.63, 3.8) is 0 Å². The minimum Gasteiger partial charge on any atom is -0.174 e. The van der Waals surface area contributed by atoms with Gasteiger partial charge in [-0.15, -0.1) is 0 Å². The van der Waals surface area contributed by atoms with E-state index in [9.17, 15) is 0 Å². The van der Waals surface area contributed by atoms with E-state index in [1.807, 2.05) is 18.2 Å². The largest absolute Gasteiger partial charge is 0.174 e. The van der Waals surface area contributed by atoms with Crippen LogP contribution >= 0.6 is 12.1 Å². The molecule has 0 amide bonds. The van der Waals surface area contributed by atoms with Crippen molar-refractivity contribution >= 4 is 19.6 Å². The van der Waals surface area contributed by atoms with Gasteiger partial charge in [-0.1, -0.05) is 29.6 Å². The van der Waals surface area contributed by atoms with Gasteiger partial charge in [0.05, 0.1) is 0 Å². The summed E-state index contributed by atoms with van der Waals surface area (Å²) < 4.78 is 0. The maximum Gasteiger partial charge on any atom is 0.103 e. The second kappa shape index (κ2) is 2.28. The molecule has 1 heterocycles. The molecule has 0 nitrogen and oxygen atoms in total. The highest BCUT2D eigenvalue weighted by Gasteiger charge is 1.75. The average Bonchev–Trinajstić information content (AvgIpc) is 1.69. The van der Waals surface area contributed by atoms with Crippen LogP contribution in [0.25, 0.3) is 0 Å². The molecular formula is C5H6SSi. The molecule has 0 saturated carbocycles. The molecule has 0 aliphatic carbocycles. The Bertz CT molecular complexity index is 138. The van der Waals surface area contributed by atoms with Crippen molar-refractivity contribution in [2.75, 3.05) is 0 Å². The molecule has 0 aromatic carbocycles. The van der Waals surface area contributed by atoms with Crippen molar-refractivity contribution in [2.45, 2.75) is 0 Å². The Morgan fingerprint density at radius 1 is 1.00 bits per heavy atom. The molecule has 2 heteroatoms. The van der Waals surface area contributed by atoms with Gasteiger partial charge in [0.15, 0.2) is 0 Å². The van der Waals surface area contributed by atoms with Gasteiger partial charge >= 0.3 is 0 Å². The summed E-state index contributed by atoms with van der Waals surface area (Å²) in [4.78, 5) is 0. The minimum absolute atomic E-state index is 0.491. The smallest absolute Gasteiger partial charge is 0.103 e. The summed E-state index contributed by atoms with van der Waals surface area (Å²) in [5.41, 5.74) is 4.27. The van der Waals surface area contributed by atoms with E-state index in [0.29, 0.717) is 0 Å². The van der Waals surface area contributed by atoms with Crippen molar-refractivity contribution in [2.24, 2.45) is 0 Å². The molecule has 1 aromatic heterocycles. The fourth-order valence-corrected chi connectivity index (χ4v) is 1.67. The van der Waals surface area contributed by atoms with Crippen molar-refractivity contribution in [1.29, 1.82) is 0 Å². The first kappa shape index (κ1) is 5.06. The summed E-state index contributed by atoms with van der Waals surface area (Å²) in [6.07, 6.45) is 0. The molecule has 36 valence electrons. The van der Waals surface area contributed by atoms with Crippen LogP contribution in [0.5, 0.6) is 0 Å². The monoisotopic (exact) mass is 126 g/mol. The standard InChI is InChI=1S/C5H6SSi/c6-7-4-2-1-3-5-7/h1-6H. The van der Waals surface area contributed by atoms with Gasteiger partial charge in [0, 0.05) is 0 Å². The second-order valence-corrected chi connectivity index (χ2v) is 4.40. The van der Waals surface area contributed by atoms with Gasteiger partial charge in [0.25, 0.3) is 0 Å². The van der Waals surface area contributed by atoms with Crippen LogP contribution in [0.1, 0.15) is 0 Å². The molecule has 0 aliphatic rings. The highest BCUT2D eigenvalue weighted by atomic mass is 32.3. The Labute approximate surface area is 49.8 Å². The summed E-state index contributed by atoms with van der Waals surface area (Å²) >= 11 is 4.27. The van der Waals surface area contributed by atoms with Crippen LogP contribution in [-0.2, 0) is 0 Å². The van der Waals surface area contributed by atoms with E-state index >= 15 is 0 Å². The molecule has 7 heavy (non-hydrogen) atoms. The lowest BCUT2D eigenvalue weighted by atomic mass is 10.6. The maximum atomic E-state index is 4.27. The van der Waals surface area contributed by atoms with Crippen LogP contribution < -0.4 is 0 Å². The molecule has 1 rings (SSSR count). The van der Waals surface area contributed by atoms with Gasteiger partial charge in [-0.25, -0.2) is 0 Å². The lowest BCUT2D eigenvalue weighted by molar-refractivity contribution is 1.86. The second-order valence-electron chi connectivity index (χ2n) is 1.34. The molecule has 0 unspecified atom stereocenters. The summed E-state index contributed by atoms with van der Waals surface area (Å²) in [7, 11) is -0.491. The molecule has 0 bridgehead atoms.